The quantitative estimate of drug-likeness (QED) is 0.825. The van der Waals surface area contributed by atoms with E-state index in [1.54, 1.807) is 6.07 Å². The van der Waals surface area contributed by atoms with E-state index in [4.69, 9.17) is 10.2 Å². The van der Waals surface area contributed by atoms with Crippen molar-refractivity contribution >= 4 is 32.8 Å². The van der Waals surface area contributed by atoms with Gasteiger partial charge in [-0.05, 0) is 22.0 Å². The third-order valence-electron chi connectivity index (χ3n) is 1.67. The molecule has 2 N–H and O–H groups in total. The van der Waals surface area contributed by atoms with E-state index < -0.39 is 5.91 Å². The summed E-state index contributed by atoms with van der Waals surface area (Å²) in [6, 6.07) is 1.59. The molecule has 2 aromatic heterocycles. The molecule has 5 heteroatoms. The van der Waals surface area contributed by atoms with Crippen LogP contribution in [0.3, 0.4) is 0 Å². The number of aromatic nitrogens is 1. The first-order chi connectivity index (χ1) is 6.18. The molecule has 0 fully saturated rings. The third kappa shape index (κ3) is 1.31. The van der Waals surface area contributed by atoms with Crippen molar-refractivity contribution < 1.29 is 9.21 Å². The Balaban J connectivity index is 2.72. The molecular weight excluding hydrogens is 236 g/mol. The number of nitrogens with zero attached hydrogens (tertiary/aromatic N) is 1. The molecule has 4 nitrogen and oxygen atoms in total. The molecule has 0 aliphatic heterocycles. The van der Waals surface area contributed by atoms with Gasteiger partial charge in [-0.25, -0.2) is 4.98 Å². The number of fused-ring (bicyclic) bond motifs is 1. The van der Waals surface area contributed by atoms with Gasteiger partial charge < -0.3 is 10.2 Å². The van der Waals surface area contributed by atoms with Gasteiger partial charge in [0.15, 0.2) is 5.58 Å². The maximum Gasteiger partial charge on any atom is 0.267 e. The molecule has 13 heavy (non-hydrogen) atoms. The highest BCUT2D eigenvalue weighted by atomic mass is 79.9. The van der Waals surface area contributed by atoms with Crippen LogP contribution < -0.4 is 5.73 Å². The topological polar surface area (TPSA) is 69.1 Å². The van der Waals surface area contributed by atoms with Crippen molar-refractivity contribution in [1.82, 2.24) is 4.98 Å². The summed E-state index contributed by atoms with van der Waals surface area (Å²) in [6.45, 7) is 0. The van der Waals surface area contributed by atoms with Crippen molar-refractivity contribution in [3.05, 3.63) is 28.7 Å². The second-order valence-electron chi connectivity index (χ2n) is 2.51. The number of pyridine rings is 1. The van der Waals surface area contributed by atoms with Gasteiger partial charge in [-0.2, -0.15) is 0 Å². The van der Waals surface area contributed by atoms with E-state index in [0.29, 0.717) is 5.58 Å². The van der Waals surface area contributed by atoms with Crippen LogP contribution in [0.1, 0.15) is 10.5 Å². The minimum Gasteiger partial charge on any atom is -0.461 e. The van der Waals surface area contributed by atoms with E-state index in [-0.39, 0.29) is 5.69 Å². The fourth-order valence-electron chi connectivity index (χ4n) is 1.04. The zero-order chi connectivity index (χ0) is 9.42. The van der Waals surface area contributed by atoms with Crippen molar-refractivity contribution in [2.75, 3.05) is 0 Å². The highest BCUT2D eigenvalue weighted by Gasteiger charge is 2.07. The molecule has 66 valence electrons. The van der Waals surface area contributed by atoms with Crippen molar-refractivity contribution in [3.63, 3.8) is 0 Å². The maximum absolute atomic E-state index is 10.8. The van der Waals surface area contributed by atoms with Crippen LogP contribution >= 0.6 is 15.9 Å². The van der Waals surface area contributed by atoms with E-state index in [0.717, 1.165) is 9.86 Å². The Kier molecular flexibility index (Phi) is 1.81. The molecule has 0 bridgehead atoms. The van der Waals surface area contributed by atoms with Crippen molar-refractivity contribution in [2.24, 2.45) is 5.73 Å². The zero-order valence-electron chi connectivity index (χ0n) is 6.45. The summed E-state index contributed by atoms with van der Waals surface area (Å²) in [7, 11) is 0. The molecule has 0 aliphatic carbocycles. The highest BCUT2D eigenvalue weighted by Crippen LogP contribution is 2.25. The summed E-state index contributed by atoms with van der Waals surface area (Å²) in [6.07, 6.45) is 3.01. The van der Waals surface area contributed by atoms with E-state index in [2.05, 4.69) is 20.9 Å². The Morgan fingerprint density at radius 3 is 3.08 bits per heavy atom. The monoisotopic (exact) mass is 240 g/mol. The van der Waals surface area contributed by atoms with Gasteiger partial charge in [0.2, 0.25) is 0 Å². The molecule has 2 aromatic rings. The molecule has 0 unspecified atom stereocenters. The normalized spacial score (nSPS) is 10.5. The van der Waals surface area contributed by atoms with Gasteiger partial charge in [-0.1, -0.05) is 0 Å². The van der Waals surface area contributed by atoms with Crippen LogP contribution in [0.4, 0.5) is 0 Å². The Morgan fingerprint density at radius 2 is 2.38 bits per heavy atom. The maximum atomic E-state index is 10.8. The molecular formula is C8H5BrN2O2. The molecule has 0 atom stereocenters. The summed E-state index contributed by atoms with van der Waals surface area (Å²) >= 11 is 3.28. The molecule has 2 heterocycles. The third-order valence-corrected chi connectivity index (χ3v) is 2.28. The molecule has 0 radical (unpaired) electrons. The van der Waals surface area contributed by atoms with Gasteiger partial charge in [-0.15, -0.1) is 0 Å². The lowest BCUT2D eigenvalue weighted by atomic mass is 10.2. The summed E-state index contributed by atoms with van der Waals surface area (Å²) in [5, 5.41) is 0.795. The minimum atomic E-state index is -0.546. The number of nitrogens with two attached hydrogens (primary N) is 1. The van der Waals surface area contributed by atoms with Crippen LogP contribution in [-0.4, -0.2) is 10.9 Å². The average molecular weight is 241 g/mol. The standard InChI is InChI=1S/C8H5BrN2O2/c9-5-3-13-7-2-11-6(8(10)12)1-4(5)7/h1-3H,(H2,10,12). The summed E-state index contributed by atoms with van der Waals surface area (Å²) < 4.78 is 5.91. The lowest BCUT2D eigenvalue weighted by Crippen LogP contribution is -2.12. The molecule has 1 amide bonds. The van der Waals surface area contributed by atoms with Crippen LogP contribution in [0.25, 0.3) is 11.0 Å². The van der Waals surface area contributed by atoms with Crippen LogP contribution in [0.5, 0.6) is 0 Å². The number of carbonyl (C=O) groups excluding carboxylic acids is 1. The lowest BCUT2D eigenvalue weighted by molar-refractivity contribution is 0.0996. The van der Waals surface area contributed by atoms with E-state index >= 15 is 0 Å². The van der Waals surface area contributed by atoms with E-state index in [1.807, 2.05) is 0 Å². The van der Waals surface area contributed by atoms with Gasteiger partial charge in [0, 0.05) is 5.39 Å². The van der Waals surface area contributed by atoms with Gasteiger partial charge in [-0.3, -0.25) is 4.79 Å². The first-order valence-electron chi connectivity index (χ1n) is 3.51. The van der Waals surface area contributed by atoms with Crippen molar-refractivity contribution in [3.8, 4) is 0 Å². The van der Waals surface area contributed by atoms with E-state index in [9.17, 15) is 4.79 Å². The molecule has 0 spiro atoms. The number of halogens is 1. The number of furan rings is 1. The molecule has 0 saturated carbocycles. The lowest BCUT2D eigenvalue weighted by Gasteiger charge is -1.93. The molecule has 0 aliphatic rings. The SMILES string of the molecule is NC(=O)c1cc2c(Br)coc2cn1. The number of hydrogen-bond donors (Lipinski definition) is 1. The predicted molar refractivity (Wildman–Crippen MR) is 50.2 cm³/mol. The fourth-order valence-corrected chi connectivity index (χ4v) is 1.44. The van der Waals surface area contributed by atoms with Gasteiger partial charge in [0.25, 0.3) is 5.91 Å². The summed E-state index contributed by atoms with van der Waals surface area (Å²) in [5.41, 5.74) is 5.93. The van der Waals surface area contributed by atoms with Crippen LogP contribution in [0.2, 0.25) is 0 Å². The number of rotatable bonds is 1. The number of hydrogen-bond acceptors (Lipinski definition) is 3. The summed E-state index contributed by atoms with van der Waals surface area (Å²) in [4.78, 5) is 14.6. The van der Waals surface area contributed by atoms with Crippen LogP contribution in [0, 0.1) is 0 Å². The first kappa shape index (κ1) is 8.25. The summed E-state index contributed by atoms with van der Waals surface area (Å²) in [5.74, 6) is -0.546. The number of amides is 1. The second-order valence-corrected chi connectivity index (χ2v) is 3.37. The largest absolute Gasteiger partial charge is 0.461 e. The Bertz CT molecular complexity index is 478. The second kappa shape index (κ2) is 2.85. The number of primary amides is 1. The van der Waals surface area contributed by atoms with Gasteiger partial charge >= 0.3 is 0 Å². The van der Waals surface area contributed by atoms with Crippen LogP contribution in [-0.2, 0) is 0 Å². The van der Waals surface area contributed by atoms with Gasteiger partial charge in [0.05, 0.1) is 10.7 Å². The zero-order valence-corrected chi connectivity index (χ0v) is 8.04. The van der Waals surface area contributed by atoms with Crippen molar-refractivity contribution in [1.29, 1.82) is 0 Å². The van der Waals surface area contributed by atoms with E-state index in [1.165, 1.54) is 12.5 Å². The highest BCUT2D eigenvalue weighted by molar-refractivity contribution is 9.10. The van der Waals surface area contributed by atoms with Gasteiger partial charge in [0.1, 0.15) is 12.0 Å². The number of carbonyl (C=O) groups is 1. The van der Waals surface area contributed by atoms with Crippen LogP contribution in [0.15, 0.2) is 27.4 Å². The minimum absolute atomic E-state index is 0.231. The smallest absolute Gasteiger partial charge is 0.267 e. The fraction of sp³-hybridized carbons (Fsp3) is 0. The Labute approximate surface area is 81.9 Å². The molecule has 2 rings (SSSR count). The predicted octanol–water partition coefficient (Wildman–Crippen LogP) is 1.69. The molecule has 0 saturated heterocycles. The Morgan fingerprint density at radius 1 is 1.62 bits per heavy atom. The van der Waals surface area contributed by atoms with Crippen molar-refractivity contribution in [2.45, 2.75) is 0 Å². The first-order valence-corrected chi connectivity index (χ1v) is 4.30. The Hall–Kier alpha value is -1.36. The average Bonchev–Trinajstić information content (AvgIpc) is 2.47. The molecule has 0 aromatic carbocycles.